The second kappa shape index (κ2) is 4.62. The smallest absolute Gasteiger partial charge is 0.0726 e. The lowest BCUT2D eigenvalue weighted by molar-refractivity contribution is 0.411. The zero-order valence-corrected chi connectivity index (χ0v) is 11.9. The van der Waals surface area contributed by atoms with E-state index in [4.69, 9.17) is 0 Å². The van der Waals surface area contributed by atoms with Crippen molar-refractivity contribution in [3.63, 3.8) is 0 Å². The standard InChI is InChI=1S/C18H20N2/c1-13-10-18(16-8-4-5-9-17(16)19-13)20-11-14-6-2-3-7-15(14)12-20/h2-5,8-10,14-15H,6-7,11-12H2,1H3. The van der Waals surface area contributed by atoms with E-state index in [0.717, 1.165) is 23.0 Å². The molecule has 1 aromatic heterocycles. The highest BCUT2D eigenvalue weighted by molar-refractivity contribution is 5.92. The first kappa shape index (κ1) is 12.0. The van der Waals surface area contributed by atoms with Gasteiger partial charge in [-0.1, -0.05) is 30.4 Å². The maximum atomic E-state index is 4.66. The van der Waals surface area contributed by atoms with E-state index in [1.54, 1.807) is 0 Å². The maximum absolute atomic E-state index is 4.66. The van der Waals surface area contributed by atoms with E-state index in [1.165, 1.54) is 37.0 Å². The number of fused-ring (bicyclic) bond motifs is 2. The molecule has 0 amide bonds. The predicted octanol–water partition coefficient (Wildman–Crippen LogP) is 3.95. The minimum Gasteiger partial charge on any atom is -0.370 e. The molecule has 2 heteroatoms. The molecule has 1 aliphatic carbocycles. The summed E-state index contributed by atoms with van der Waals surface area (Å²) in [7, 11) is 0. The van der Waals surface area contributed by atoms with Crippen molar-refractivity contribution in [1.29, 1.82) is 0 Å². The second-order valence-electron chi connectivity index (χ2n) is 6.17. The average molecular weight is 264 g/mol. The minimum atomic E-state index is 0.840. The van der Waals surface area contributed by atoms with Gasteiger partial charge >= 0.3 is 0 Å². The van der Waals surface area contributed by atoms with Crippen LogP contribution in [-0.2, 0) is 0 Å². The van der Waals surface area contributed by atoms with Gasteiger partial charge in [0.1, 0.15) is 0 Å². The largest absolute Gasteiger partial charge is 0.370 e. The number of anilines is 1. The van der Waals surface area contributed by atoms with Crippen molar-refractivity contribution in [2.24, 2.45) is 11.8 Å². The van der Waals surface area contributed by atoms with Gasteiger partial charge in [0.05, 0.1) is 5.52 Å². The lowest BCUT2D eigenvalue weighted by atomic mass is 9.86. The molecule has 2 atom stereocenters. The first-order valence-corrected chi connectivity index (χ1v) is 7.57. The zero-order chi connectivity index (χ0) is 13.5. The topological polar surface area (TPSA) is 16.1 Å². The molecule has 1 aliphatic heterocycles. The van der Waals surface area contributed by atoms with E-state index in [2.05, 4.69) is 59.3 Å². The van der Waals surface area contributed by atoms with Crippen molar-refractivity contribution in [1.82, 2.24) is 4.98 Å². The van der Waals surface area contributed by atoms with Gasteiger partial charge in [-0.25, -0.2) is 0 Å². The predicted molar refractivity (Wildman–Crippen MR) is 84.0 cm³/mol. The van der Waals surface area contributed by atoms with E-state index in [-0.39, 0.29) is 0 Å². The Labute approximate surface area is 120 Å². The van der Waals surface area contributed by atoms with Crippen LogP contribution in [0.1, 0.15) is 18.5 Å². The molecule has 0 bridgehead atoms. The third-order valence-corrected chi connectivity index (χ3v) is 4.78. The van der Waals surface area contributed by atoms with Gasteiger partial charge in [0.25, 0.3) is 0 Å². The Kier molecular flexibility index (Phi) is 2.76. The molecule has 2 nitrogen and oxygen atoms in total. The Morgan fingerprint density at radius 3 is 2.50 bits per heavy atom. The Morgan fingerprint density at radius 2 is 1.75 bits per heavy atom. The molecule has 1 saturated heterocycles. The highest BCUT2D eigenvalue weighted by Crippen LogP contribution is 2.37. The third-order valence-electron chi connectivity index (χ3n) is 4.78. The number of rotatable bonds is 1. The Hall–Kier alpha value is -1.83. The van der Waals surface area contributed by atoms with Gasteiger partial charge in [-0.3, -0.25) is 4.98 Å². The number of benzene rings is 1. The number of allylic oxidation sites excluding steroid dienone is 2. The molecule has 1 fully saturated rings. The lowest BCUT2D eigenvalue weighted by Gasteiger charge is -2.21. The highest BCUT2D eigenvalue weighted by atomic mass is 15.2. The van der Waals surface area contributed by atoms with Gasteiger partial charge in [-0.2, -0.15) is 0 Å². The van der Waals surface area contributed by atoms with Crippen molar-refractivity contribution in [2.75, 3.05) is 18.0 Å². The molecule has 0 saturated carbocycles. The van der Waals surface area contributed by atoms with E-state index in [9.17, 15) is 0 Å². The SMILES string of the molecule is Cc1cc(N2CC3CC=CCC3C2)c2ccccc2n1. The van der Waals surface area contributed by atoms with Gasteiger partial charge in [0, 0.05) is 29.9 Å². The van der Waals surface area contributed by atoms with Crippen LogP contribution >= 0.6 is 0 Å². The molecular formula is C18H20N2. The first-order valence-electron chi connectivity index (χ1n) is 7.57. The molecule has 20 heavy (non-hydrogen) atoms. The van der Waals surface area contributed by atoms with E-state index in [0.29, 0.717) is 0 Å². The normalized spacial score (nSPS) is 25.1. The third kappa shape index (κ3) is 1.91. The molecule has 0 spiro atoms. The van der Waals surface area contributed by atoms with Crippen LogP contribution in [0.3, 0.4) is 0 Å². The molecule has 2 unspecified atom stereocenters. The van der Waals surface area contributed by atoms with Gasteiger partial charge in [0.2, 0.25) is 0 Å². The number of hydrogen-bond donors (Lipinski definition) is 0. The van der Waals surface area contributed by atoms with E-state index in [1.807, 2.05) is 0 Å². The summed E-state index contributed by atoms with van der Waals surface area (Å²) in [5.41, 5.74) is 3.62. The maximum Gasteiger partial charge on any atom is 0.0726 e. The average Bonchev–Trinajstić information content (AvgIpc) is 2.90. The number of nitrogens with zero attached hydrogens (tertiary/aromatic N) is 2. The summed E-state index contributed by atoms with van der Waals surface area (Å²) >= 11 is 0. The van der Waals surface area contributed by atoms with Crippen LogP contribution in [0.25, 0.3) is 10.9 Å². The van der Waals surface area contributed by atoms with Gasteiger partial charge < -0.3 is 4.90 Å². The van der Waals surface area contributed by atoms with Crippen LogP contribution in [-0.4, -0.2) is 18.1 Å². The summed E-state index contributed by atoms with van der Waals surface area (Å²) in [6, 6.07) is 10.8. The number of hydrogen-bond acceptors (Lipinski definition) is 2. The quantitative estimate of drug-likeness (QED) is 0.725. The minimum absolute atomic E-state index is 0.840. The number of aryl methyl sites for hydroxylation is 1. The molecule has 0 N–H and O–H groups in total. The lowest BCUT2D eigenvalue weighted by Crippen LogP contribution is -2.20. The summed E-state index contributed by atoms with van der Waals surface area (Å²) < 4.78 is 0. The molecule has 1 aromatic carbocycles. The molecule has 0 radical (unpaired) electrons. The van der Waals surface area contributed by atoms with Crippen LogP contribution < -0.4 is 4.90 Å². The first-order chi connectivity index (χ1) is 9.81. The van der Waals surface area contributed by atoms with Crippen molar-refractivity contribution >= 4 is 16.6 Å². The van der Waals surface area contributed by atoms with Crippen molar-refractivity contribution in [3.8, 4) is 0 Å². The van der Waals surface area contributed by atoms with Crippen LogP contribution in [0.5, 0.6) is 0 Å². The van der Waals surface area contributed by atoms with Crippen molar-refractivity contribution in [3.05, 3.63) is 48.2 Å². The monoisotopic (exact) mass is 264 g/mol. The van der Waals surface area contributed by atoms with Crippen LogP contribution in [0.15, 0.2) is 42.5 Å². The Balaban J connectivity index is 1.76. The van der Waals surface area contributed by atoms with Crippen molar-refractivity contribution < 1.29 is 0 Å². The van der Waals surface area contributed by atoms with E-state index >= 15 is 0 Å². The van der Waals surface area contributed by atoms with Gasteiger partial charge in [-0.05, 0) is 43.7 Å². The molecule has 102 valence electrons. The number of pyridine rings is 1. The Morgan fingerprint density at radius 1 is 1.05 bits per heavy atom. The molecule has 2 heterocycles. The fourth-order valence-corrected chi connectivity index (χ4v) is 3.76. The summed E-state index contributed by atoms with van der Waals surface area (Å²) in [6.45, 7) is 4.49. The summed E-state index contributed by atoms with van der Waals surface area (Å²) in [6.07, 6.45) is 7.23. The van der Waals surface area contributed by atoms with Crippen LogP contribution in [0, 0.1) is 18.8 Å². The zero-order valence-electron chi connectivity index (χ0n) is 11.9. The molecule has 2 aliphatic rings. The van der Waals surface area contributed by atoms with Crippen LogP contribution in [0.2, 0.25) is 0 Å². The van der Waals surface area contributed by atoms with Crippen LogP contribution in [0.4, 0.5) is 5.69 Å². The highest BCUT2D eigenvalue weighted by Gasteiger charge is 2.33. The second-order valence-corrected chi connectivity index (χ2v) is 6.17. The van der Waals surface area contributed by atoms with Gasteiger partial charge in [-0.15, -0.1) is 0 Å². The summed E-state index contributed by atoms with van der Waals surface area (Å²) in [4.78, 5) is 7.24. The fourth-order valence-electron chi connectivity index (χ4n) is 3.76. The molecule has 4 rings (SSSR count). The molecule has 2 aromatic rings. The van der Waals surface area contributed by atoms with E-state index < -0.39 is 0 Å². The molecular weight excluding hydrogens is 244 g/mol. The van der Waals surface area contributed by atoms with Crippen molar-refractivity contribution in [2.45, 2.75) is 19.8 Å². The summed E-state index contributed by atoms with van der Waals surface area (Å²) in [5.74, 6) is 1.68. The number of aromatic nitrogens is 1. The summed E-state index contributed by atoms with van der Waals surface area (Å²) in [5, 5.41) is 1.30. The fraction of sp³-hybridized carbons (Fsp3) is 0.389. The number of para-hydroxylation sites is 1. The Bertz CT molecular complexity index is 658. The van der Waals surface area contributed by atoms with Gasteiger partial charge in [0.15, 0.2) is 0 Å².